The van der Waals surface area contributed by atoms with E-state index >= 15 is 0 Å². The van der Waals surface area contributed by atoms with Crippen LogP contribution in [0.4, 0.5) is 5.00 Å². The summed E-state index contributed by atoms with van der Waals surface area (Å²) in [6.07, 6.45) is 3.82. The van der Waals surface area contributed by atoms with Crippen LogP contribution >= 0.6 is 11.5 Å². The van der Waals surface area contributed by atoms with E-state index in [0.717, 1.165) is 16.8 Å². The van der Waals surface area contributed by atoms with Crippen molar-refractivity contribution >= 4 is 16.5 Å². The van der Waals surface area contributed by atoms with Gasteiger partial charge in [-0.15, -0.1) is 5.10 Å². The number of rotatable bonds is 3. The van der Waals surface area contributed by atoms with Crippen molar-refractivity contribution in [2.45, 2.75) is 6.54 Å². The lowest BCUT2D eigenvalue weighted by Crippen LogP contribution is -2.02. The molecule has 0 spiro atoms. The maximum Gasteiger partial charge on any atom is 0.132 e. The molecule has 0 bridgehead atoms. The van der Waals surface area contributed by atoms with Crippen molar-refractivity contribution in [3.05, 3.63) is 48.4 Å². The first kappa shape index (κ1) is 10.9. The van der Waals surface area contributed by atoms with E-state index in [1.165, 1.54) is 11.5 Å². The Morgan fingerprint density at radius 1 is 1.17 bits per heavy atom. The molecule has 18 heavy (non-hydrogen) atoms. The van der Waals surface area contributed by atoms with Crippen LogP contribution in [0.1, 0.15) is 5.69 Å². The Kier molecular flexibility index (Phi) is 2.77. The Morgan fingerprint density at radius 2 is 2.00 bits per heavy atom. The molecule has 2 N–H and O–H groups in total. The van der Waals surface area contributed by atoms with Gasteiger partial charge in [-0.1, -0.05) is 34.8 Å². The Bertz CT molecular complexity index is 643. The van der Waals surface area contributed by atoms with Crippen LogP contribution in [0, 0.1) is 0 Å². The van der Waals surface area contributed by atoms with Crippen molar-refractivity contribution in [3.8, 4) is 11.1 Å². The van der Waals surface area contributed by atoms with E-state index in [1.807, 2.05) is 35.3 Å². The first-order chi connectivity index (χ1) is 8.83. The van der Waals surface area contributed by atoms with Crippen molar-refractivity contribution < 1.29 is 0 Å². The molecule has 5 nitrogen and oxygen atoms in total. The smallest absolute Gasteiger partial charge is 0.132 e. The van der Waals surface area contributed by atoms with Crippen LogP contribution in [0.2, 0.25) is 0 Å². The highest BCUT2D eigenvalue weighted by Crippen LogP contribution is 2.19. The molecule has 0 aliphatic heterocycles. The van der Waals surface area contributed by atoms with Gasteiger partial charge in [-0.05, 0) is 5.56 Å². The number of anilines is 1. The molecule has 0 unspecified atom stereocenters. The Hall–Kier alpha value is -2.21. The molecule has 0 aliphatic carbocycles. The van der Waals surface area contributed by atoms with E-state index < -0.39 is 0 Å². The van der Waals surface area contributed by atoms with Gasteiger partial charge >= 0.3 is 0 Å². The summed E-state index contributed by atoms with van der Waals surface area (Å²) in [6.45, 7) is 0.551. The van der Waals surface area contributed by atoms with Crippen LogP contribution in [0.5, 0.6) is 0 Å². The standard InChI is InChI=1S/C12H11N5S/c13-12-11(15-16-18-12)8-17-7-10(6-14-17)9-4-2-1-3-5-9/h1-7H,8,13H2. The van der Waals surface area contributed by atoms with Crippen LogP contribution in [-0.2, 0) is 6.54 Å². The summed E-state index contributed by atoms with van der Waals surface area (Å²) in [6, 6.07) is 10.1. The van der Waals surface area contributed by atoms with Gasteiger partial charge < -0.3 is 5.73 Å². The normalized spacial score (nSPS) is 10.7. The first-order valence-corrected chi connectivity index (χ1v) is 6.25. The zero-order valence-corrected chi connectivity index (χ0v) is 10.3. The maximum atomic E-state index is 5.76. The lowest BCUT2D eigenvalue weighted by Gasteiger charge is -1.98. The third-order valence-corrected chi connectivity index (χ3v) is 3.23. The molecule has 0 saturated heterocycles. The third-order valence-electron chi connectivity index (χ3n) is 2.64. The third kappa shape index (κ3) is 2.10. The lowest BCUT2D eigenvalue weighted by molar-refractivity contribution is 0.672. The van der Waals surface area contributed by atoms with Gasteiger partial charge in [0.15, 0.2) is 0 Å². The Balaban J connectivity index is 1.84. The minimum atomic E-state index is 0.551. The fourth-order valence-corrected chi connectivity index (χ4v) is 2.15. The van der Waals surface area contributed by atoms with Crippen molar-refractivity contribution in [2.75, 3.05) is 5.73 Å². The number of hydrogen-bond acceptors (Lipinski definition) is 5. The maximum absolute atomic E-state index is 5.76. The van der Waals surface area contributed by atoms with Gasteiger partial charge in [0.2, 0.25) is 0 Å². The molecule has 90 valence electrons. The second-order valence-corrected chi connectivity index (χ2v) is 4.66. The number of nitrogen functional groups attached to an aromatic ring is 1. The largest absolute Gasteiger partial charge is 0.388 e. The molecule has 2 aromatic heterocycles. The number of benzene rings is 1. The molecule has 0 aliphatic rings. The zero-order chi connectivity index (χ0) is 12.4. The number of nitrogens with zero attached hydrogens (tertiary/aromatic N) is 4. The summed E-state index contributed by atoms with van der Waals surface area (Å²) in [5.41, 5.74) is 8.75. The van der Waals surface area contributed by atoms with Crippen molar-refractivity contribution in [1.82, 2.24) is 19.4 Å². The van der Waals surface area contributed by atoms with Crippen LogP contribution in [0.25, 0.3) is 11.1 Å². The topological polar surface area (TPSA) is 69.6 Å². The van der Waals surface area contributed by atoms with E-state index in [0.29, 0.717) is 11.5 Å². The SMILES string of the molecule is Nc1snnc1Cn1cc(-c2ccccc2)cn1. The van der Waals surface area contributed by atoms with E-state index in [4.69, 9.17) is 5.73 Å². The predicted molar refractivity (Wildman–Crippen MR) is 71.1 cm³/mol. The molecule has 2 heterocycles. The van der Waals surface area contributed by atoms with Gasteiger partial charge in [0.1, 0.15) is 10.7 Å². The quantitative estimate of drug-likeness (QED) is 0.779. The van der Waals surface area contributed by atoms with Crippen LogP contribution in [0.3, 0.4) is 0 Å². The second kappa shape index (κ2) is 4.58. The molecule has 0 saturated carbocycles. The monoisotopic (exact) mass is 257 g/mol. The highest BCUT2D eigenvalue weighted by atomic mass is 32.1. The van der Waals surface area contributed by atoms with Gasteiger partial charge in [-0.2, -0.15) is 5.10 Å². The summed E-state index contributed by atoms with van der Waals surface area (Å²) < 4.78 is 5.62. The summed E-state index contributed by atoms with van der Waals surface area (Å²) >= 11 is 1.20. The average molecular weight is 257 g/mol. The van der Waals surface area contributed by atoms with Crippen molar-refractivity contribution in [1.29, 1.82) is 0 Å². The van der Waals surface area contributed by atoms with Gasteiger partial charge in [0, 0.05) is 23.3 Å². The molecule has 0 atom stereocenters. The number of hydrogen-bond donors (Lipinski definition) is 1. The van der Waals surface area contributed by atoms with Gasteiger partial charge in [-0.25, -0.2) is 0 Å². The number of nitrogens with two attached hydrogens (primary N) is 1. The molecular formula is C12H11N5S. The summed E-state index contributed by atoms with van der Waals surface area (Å²) in [5.74, 6) is 0. The molecule has 3 rings (SSSR count). The highest BCUT2D eigenvalue weighted by molar-refractivity contribution is 7.09. The molecule has 1 aromatic carbocycles. The zero-order valence-electron chi connectivity index (χ0n) is 9.52. The van der Waals surface area contributed by atoms with Gasteiger partial charge in [0.25, 0.3) is 0 Å². The lowest BCUT2D eigenvalue weighted by atomic mass is 10.1. The fraction of sp³-hybridized carbons (Fsp3) is 0.0833. The van der Waals surface area contributed by atoms with E-state index in [9.17, 15) is 0 Å². The minimum absolute atomic E-state index is 0.551. The molecule has 0 fully saturated rings. The van der Waals surface area contributed by atoms with Crippen molar-refractivity contribution in [2.24, 2.45) is 0 Å². The minimum Gasteiger partial charge on any atom is -0.388 e. The van der Waals surface area contributed by atoms with E-state index in [1.54, 1.807) is 0 Å². The number of aromatic nitrogens is 4. The van der Waals surface area contributed by atoms with E-state index in [2.05, 4.69) is 26.8 Å². The Morgan fingerprint density at radius 3 is 2.72 bits per heavy atom. The molecule has 3 aromatic rings. The highest BCUT2D eigenvalue weighted by Gasteiger charge is 2.07. The summed E-state index contributed by atoms with van der Waals surface area (Å²) in [7, 11) is 0. The summed E-state index contributed by atoms with van der Waals surface area (Å²) in [5, 5.41) is 8.93. The van der Waals surface area contributed by atoms with Gasteiger partial charge in [-0.3, -0.25) is 4.68 Å². The fourth-order valence-electron chi connectivity index (χ4n) is 1.71. The van der Waals surface area contributed by atoms with Crippen LogP contribution in [-0.4, -0.2) is 19.4 Å². The Labute approximate surface area is 108 Å². The van der Waals surface area contributed by atoms with E-state index in [-0.39, 0.29) is 0 Å². The average Bonchev–Trinajstić information content (AvgIpc) is 3.02. The molecule has 6 heteroatoms. The predicted octanol–water partition coefficient (Wildman–Crippen LogP) is 2.03. The van der Waals surface area contributed by atoms with Gasteiger partial charge in [0.05, 0.1) is 12.7 Å². The van der Waals surface area contributed by atoms with Crippen molar-refractivity contribution in [3.63, 3.8) is 0 Å². The van der Waals surface area contributed by atoms with Crippen LogP contribution in [0.15, 0.2) is 42.7 Å². The molecular weight excluding hydrogens is 246 g/mol. The second-order valence-electron chi connectivity index (χ2n) is 3.88. The van der Waals surface area contributed by atoms with Crippen LogP contribution < -0.4 is 5.73 Å². The summed E-state index contributed by atoms with van der Waals surface area (Å²) in [4.78, 5) is 0. The molecule has 0 radical (unpaired) electrons. The molecule has 0 amide bonds. The first-order valence-electron chi connectivity index (χ1n) is 5.47.